The monoisotopic (exact) mass is 360 g/mol. The van der Waals surface area contributed by atoms with Gasteiger partial charge in [-0.15, -0.1) is 0 Å². The van der Waals surface area contributed by atoms with Crippen LogP contribution in [-0.4, -0.2) is 11.8 Å². The number of rotatable bonds is 6. The highest BCUT2D eigenvalue weighted by atomic mass is 16.5. The summed E-state index contributed by atoms with van der Waals surface area (Å²) in [5.41, 5.74) is 8.89. The quantitative estimate of drug-likeness (QED) is 0.699. The van der Waals surface area contributed by atoms with Gasteiger partial charge >= 0.3 is 0 Å². The van der Waals surface area contributed by atoms with E-state index in [0.29, 0.717) is 16.9 Å². The predicted molar refractivity (Wildman–Crippen MR) is 105 cm³/mol. The van der Waals surface area contributed by atoms with Crippen LogP contribution in [0.4, 0.5) is 5.69 Å². The van der Waals surface area contributed by atoms with E-state index in [9.17, 15) is 9.59 Å². The Labute approximate surface area is 157 Å². The van der Waals surface area contributed by atoms with E-state index < -0.39 is 5.91 Å². The van der Waals surface area contributed by atoms with Crippen molar-refractivity contribution in [3.63, 3.8) is 0 Å². The molecule has 0 aliphatic carbocycles. The number of ether oxygens (including phenoxy) is 1. The van der Waals surface area contributed by atoms with Crippen LogP contribution in [0, 0.1) is 6.92 Å². The van der Waals surface area contributed by atoms with Gasteiger partial charge in [-0.3, -0.25) is 9.59 Å². The zero-order chi connectivity index (χ0) is 19.2. The second-order valence-corrected chi connectivity index (χ2v) is 6.17. The number of carbonyl (C=O) groups excluding carboxylic acids is 2. The van der Waals surface area contributed by atoms with Crippen molar-refractivity contribution < 1.29 is 14.3 Å². The lowest BCUT2D eigenvalue weighted by molar-refractivity contribution is 0.0994. The molecule has 136 valence electrons. The third-order valence-electron chi connectivity index (χ3n) is 4.05. The van der Waals surface area contributed by atoms with Gasteiger partial charge in [0, 0.05) is 11.3 Å². The first-order valence-corrected chi connectivity index (χ1v) is 8.51. The zero-order valence-corrected chi connectivity index (χ0v) is 14.9. The minimum atomic E-state index is -0.545. The Bertz CT molecular complexity index is 965. The van der Waals surface area contributed by atoms with Gasteiger partial charge in [-0.2, -0.15) is 0 Å². The van der Waals surface area contributed by atoms with Crippen LogP contribution in [0.15, 0.2) is 72.8 Å². The van der Waals surface area contributed by atoms with Gasteiger partial charge in [0.1, 0.15) is 12.4 Å². The van der Waals surface area contributed by atoms with Gasteiger partial charge in [0.25, 0.3) is 11.8 Å². The van der Waals surface area contributed by atoms with E-state index in [0.717, 1.165) is 16.8 Å². The minimum absolute atomic E-state index is 0.196. The average Bonchev–Trinajstić information content (AvgIpc) is 2.68. The molecule has 2 amide bonds. The van der Waals surface area contributed by atoms with E-state index in [4.69, 9.17) is 10.5 Å². The molecule has 0 saturated heterocycles. The smallest absolute Gasteiger partial charge is 0.255 e. The summed E-state index contributed by atoms with van der Waals surface area (Å²) in [6.45, 7) is 2.21. The van der Waals surface area contributed by atoms with Crippen LogP contribution in [-0.2, 0) is 6.61 Å². The first-order valence-electron chi connectivity index (χ1n) is 8.51. The molecule has 3 aromatic carbocycles. The average molecular weight is 360 g/mol. The molecule has 0 unspecified atom stereocenters. The molecule has 0 bridgehead atoms. The summed E-state index contributed by atoms with van der Waals surface area (Å²) in [5.74, 6) is -0.324. The van der Waals surface area contributed by atoms with Gasteiger partial charge in [-0.05, 0) is 48.9 Å². The predicted octanol–water partition coefficient (Wildman–Crippen LogP) is 3.93. The van der Waals surface area contributed by atoms with Gasteiger partial charge in [0.15, 0.2) is 0 Å². The summed E-state index contributed by atoms with van der Waals surface area (Å²) >= 11 is 0. The first kappa shape index (κ1) is 18.2. The molecule has 3 aromatic rings. The van der Waals surface area contributed by atoms with Crippen LogP contribution in [0.1, 0.15) is 31.8 Å². The third-order valence-corrected chi connectivity index (χ3v) is 4.05. The molecule has 3 N–H and O–H groups in total. The van der Waals surface area contributed by atoms with Crippen molar-refractivity contribution in [1.29, 1.82) is 0 Å². The molecule has 0 spiro atoms. The molecular weight excluding hydrogens is 340 g/mol. The van der Waals surface area contributed by atoms with Gasteiger partial charge < -0.3 is 15.8 Å². The number of carbonyl (C=O) groups is 2. The number of hydrogen-bond acceptors (Lipinski definition) is 3. The van der Waals surface area contributed by atoms with Crippen LogP contribution >= 0.6 is 0 Å². The van der Waals surface area contributed by atoms with Crippen molar-refractivity contribution in [2.75, 3.05) is 5.32 Å². The Balaban J connectivity index is 1.69. The first-order chi connectivity index (χ1) is 13.0. The fraction of sp³-hybridized carbons (Fsp3) is 0.0909. The van der Waals surface area contributed by atoms with Crippen molar-refractivity contribution in [1.82, 2.24) is 0 Å². The molecule has 0 fully saturated rings. The normalized spacial score (nSPS) is 10.3. The molecule has 0 heterocycles. The highest BCUT2D eigenvalue weighted by Gasteiger charge is 2.10. The summed E-state index contributed by atoms with van der Waals surface area (Å²) in [5, 5.41) is 2.87. The second kappa shape index (κ2) is 8.19. The van der Waals surface area contributed by atoms with Crippen LogP contribution in [0.2, 0.25) is 0 Å². The SMILES string of the molecule is Cc1ccc(NC(=O)c2cccc(COc3ccccc3C(N)=O)c2)cc1. The van der Waals surface area contributed by atoms with E-state index in [1.165, 1.54) is 0 Å². The van der Waals surface area contributed by atoms with Crippen LogP contribution in [0.25, 0.3) is 0 Å². The molecule has 0 radical (unpaired) electrons. The maximum absolute atomic E-state index is 12.5. The zero-order valence-electron chi connectivity index (χ0n) is 14.9. The Morgan fingerprint density at radius 2 is 1.70 bits per heavy atom. The van der Waals surface area contributed by atoms with Crippen molar-refractivity contribution in [2.45, 2.75) is 13.5 Å². The fourth-order valence-electron chi connectivity index (χ4n) is 2.60. The Morgan fingerprint density at radius 3 is 2.44 bits per heavy atom. The van der Waals surface area contributed by atoms with Crippen molar-refractivity contribution in [2.24, 2.45) is 5.73 Å². The number of anilines is 1. The molecule has 0 atom stereocenters. The van der Waals surface area contributed by atoms with Gasteiger partial charge in [0.2, 0.25) is 0 Å². The summed E-state index contributed by atoms with van der Waals surface area (Å²) in [7, 11) is 0. The molecule has 0 aliphatic heterocycles. The van der Waals surface area contributed by atoms with Crippen LogP contribution in [0.3, 0.4) is 0 Å². The number of hydrogen-bond donors (Lipinski definition) is 2. The van der Waals surface area contributed by atoms with Crippen LogP contribution < -0.4 is 15.8 Å². The number of nitrogens with one attached hydrogen (secondary N) is 1. The standard InChI is InChI=1S/C22H20N2O3/c1-15-9-11-18(12-10-15)24-22(26)17-6-4-5-16(13-17)14-27-20-8-3-2-7-19(20)21(23)25/h2-13H,14H2,1H3,(H2,23,25)(H,24,26). The molecule has 5 nitrogen and oxygen atoms in total. The number of amides is 2. The number of benzene rings is 3. The maximum Gasteiger partial charge on any atom is 0.255 e. The van der Waals surface area contributed by atoms with E-state index in [-0.39, 0.29) is 12.5 Å². The topological polar surface area (TPSA) is 81.4 Å². The highest BCUT2D eigenvalue weighted by Crippen LogP contribution is 2.19. The fourth-order valence-corrected chi connectivity index (χ4v) is 2.60. The summed E-state index contributed by atoms with van der Waals surface area (Å²) in [4.78, 5) is 23.9. The van der Waals surface area contributed by atoms with Crippen molar-refractivity contribution in [3.8, 4) is 5.75 Å². The van der Waals surface area contributed by atoms with Gasteiger partial charge in [-0.25, -0.2) is 0 Å². The molecule has 0 saturated carbocycles. The summed E-state index contributed by atoms with van der Waals surface area (Å²) in [6, 6.07) is 21.6. The van der Waals surface area contributed by atoms with Gasteiger partial charge in [0.05, 0.1) is 5.56 Å². The molecule has 0 aliphatic rings. The lowest BCUT2D eigenvalue weighted by Gasteiger charge is -2.11. The molecule has 5 heteroatoms. The number of nitrogens with two attached hydrogens (primary N) is 1. The van der Waals surface area contributed by atoms with Gasteiger partial charge in [-0.1, -0.05) is 42.0 Å². The van der Waals surface area contributed by atoms with E-state index >= 15 is 0 Å². The van der Waals surface area contributed by atoms with Crippen molar-refractivity contribution in [3.05, 3.63) is 95.1 Å². The number of para-hydroxylation sites is 1. The molecular formula is C22H20N2O3. The molecule has 27 heavy (non-hydrogen) atoms. The van der Waals surface area contributed by atoms with Crippen LogP contribution in [0.5, 0.6) is 5.75 Å². The second-order valence-electron chi connectivity index (χ2n) is 6.17. The molecule has 3 rings (SSSR count). The Hall–Kier alpha value is -3.60. The van der Waals surface area contributed by atoms with E-state index in [1.807, 2.05) is 37.3 Å². The third kappa shape index (κ3) is 4.73. The largest absolute Gasteiger partial charge is 0.488 e. The van der Waals surface area contributed by atoms with E-state index in [1.54, 1.807) is 42.5 Å². The maximum atomic E-state index is 12.5. The number of aryl methyl sites for hydroxylation is 1. The lowest BCUT2D eigenvalue weighted by atomic mass is 10.1. The Kier molecular flexibility index (Phi) is 5.52. The summed E-state index contributed by atoms with van der Waals surface area (Å²) in [6.07, 6.45) is 0. The Morgan fingerprint density at radius 1 is 0.963 bits per heavy atom. The van der Waals surface area contributed by atoms with E-state index in [2.05, 4.69) is 5.32 Å². The number of primary amides is 1. The van der Waals surface area contributed by atoms with Crippen molar-refractivity contribution >= 4 is 17.5 Å². The summed E-state index contributed by atoms with van der Waals surface area (Å²) < 4.78 is 5.72. The highest BCUT2D eigenvalue weighted by molar-refractivity contribution is 6.04. The molecule has 0 aromatic heterocycles. The lowest BCUT2D eigenvalue weighted by Crippen LogP contribution is -2.13. The minimum Gasteiger partial charge on any atom is -0.488 e.